The molecule has 1 aliphatic carbocycles. The number of hydrogen-bond donors (Lipinski definition) is 1. The molecule has 60 valence electrons. The predicted octanol–water partition coefficient (Wildman–Crippen LogP) is 2.14. The molecular formula is C8H16O2. The Morgan fingerprint density at radius 1 is 1.60 bits per heavy atom. The van der Waals surface area contributed by atoms with Crippen molar-refractivity contribution in [3.63, 3.8) is 0 Å². The molecule has 0 aromatic heterocycles. The molecule has 0 spiro atoms. The molecule has 0 bridgehead atoms. The van der Waals surface area contributed by atoms with E-state index in [0.717, 1.165) is 12.8 Å². The summed E-state index contributed by atoms with van der Waals surface area (Å²) in [5, 5.41) is 8.52. The van der Waals surface area contributed by atoms with Crippen molar-refractivity contribution >= 4 is 5.97 Å². The third-order valence-corrected chi connectivity index (χ3v) is 2.25. The van der Waals surface area contributed by atoms with E-state index in [0.29, 0.717) is 5.92 Å². The Balaban J connectivity index is 0.000000810. The Morgan fingerprint density at radius 2 is 2.10 bits per heavy atom. The van der Waals surface area contributed by atoms with Gasteiger partial charge in [0.15, 0.2) is 0 Å². The van der Waals surface area contributed by atoms with Gasteiger partial charge in [-0.25, -0.2) is 0 Å². The van der Waals surface area contributed by atoms with Crippen LogP contribution in [0.5, 0.6) is 0 Å². The van der Waals surface area contributed by atoms with Gasteiger partial charge in [0.1, 0.15) is 0 Å². The third kappa shape index (κ3) is 1.72. The molecule has 0 radical (unpaired) electrons. The van der Waals surface area contributed by atoms with E-state index in [1.165, 1.54) is 6.42 Å². The van der Waals surface area contributed by atoms with Crippen LogP contribution in [0.3, 0.4) is 0 Å². The van der Waals surface area contributed by atoms with E-state index in [4.69, 9.17) is 5.11 Å². The summed E-state index contributed by atoms with van der Waals surface area (Å²) >= 11 is 0. The van der Waals surface area contributed by atoms with Gasteiger partial charge < -0.3 is 5.11 Å². The first kappa shape index (κ1) is 9.47. The lowest BCUT2D eigenvalue weighted by molar-refractivity contribution is -0.144. The number of aliphatic carboxylic acids is 1. The summed E-state index contributed by atoms with van der Waals surface area (Å²) in [5.41, 5.74) is 0. The lowest BCUT2D eigenvalue weighted by Gasteiger charge is -2.28. The fourth-order valence-corrected chi connectivity index (χ4v) is 1.14. The van der Waals surface area contributed by atoms with Crippen molar-refractivity contribution in [3.8, 4) is 0 Å². The lowest BCUT2D eigenvalue weighted by atomic mass is 9.77. The van der Waals surface area contributed by atoms with Crippen molar-refractivity contribution in [2.24, 2.45) is 11.8 Å². The van der Waals surface area contributed by atoms with E-state index in [9.17, 15) is 4.79 Å². The van der Waals surface area contributed by atoms with Gasteiger partial charge in [-0.1, -0.05) is 20.8 Å². The van der Waals surface area contributed by atoms with Crippen LogP contribution in [0.25, 0.3) is 0 Å². The van der Waals surface area contributed by atoms with Crippen molar-refractivity contribution < 1.29 is 9.90 Å². The van der Waals surface area contributed by atoms with Crippen LogP contribution in [-0.4, -0.2) is 11.1 Å². The van der Waals surface area contributed by atoms with Crippen LogP contribution in [0, 0.1) is 11.8 Å². The molecule has 0 aliphatic heterocycles. The van der Waals surface area contributed by atoms with Gasteiger partial charge in [0.2, 0.25) is 0 Å². The third-order valence-electron chi connectivity index (χ3n) is 2.25. The molecule has 0 heterocycles. The Morgan fingerprint density at radius 3 is 2.20 bits per heavy atom. The maximum Gasteiger partial charge on any atom is 0.306 e. The van der Waals surface area contributed by atoms with Crippen LogP contribution < -0.4 is 0 Å². The molecule has 2 nitrogen and oxygen atoms in total. The molecule has 0 amide bonds. The predicted molar refractivity (Wildman–Crippen MR) is 40.9 cm³/mol. The summed E-state index contributed by atoms with van der Waals surface area (Å²) < 4.78 is 0. The van der Waals surface area contributed by atoms with Crippen LogP contribution in [0.1, 0.15) is 33.6 Å². The standard InChI is InChI=1S/C7H12O2.CH4/c1-5(7(8)9)6-3-2-4-6;/h5-6H,2-4H2,1H3,(H,8,9);1H4. The summed E-state index contributed by atoms with van der Waals surface area (Å²) in [7, 11) is 0. The number of carboxylic acids is 1. The van der Waals surface area contributed by atoms with E-state index in [1.807, 2.05) is 0 Å². The van der Waals surface area contributed by atoms with Gasteiger partial charge in [0.25, 0.3) is 0 Å². The van der Waals surface area contributed by atoms with E-state index in [2.05, 4.69) is 0 Å². The Hall–Kier alpha value is -0.530. The van der Waals surface area contributed by atoms with Crippen LogP contribution in [-0.2, 0) is 4.79 Å². The highest BCUT2D eigenvalue weighted by atomic mass is 16.4. The molecule has 1 aliphatic rings. The number of rotatable bonds is 2. The highest BCUT2D eigenvalue weighted by Gasteiger charge is 2.28. The lowest BCUT2D eigenvalue weighted by Crippen LogP contribution is -2.25. The van der Waals surface area contributed by atoms with E-state index >= 15 is 0 Å². The second-order valence-corrected chi connectivity index (χ2v) is 2.82. The fraction of sp³-hybridized carbons (Fsp3) is 0.875. The van der Waals surface area contributed by atoms with Gasteiger partial charge in [-0.3, -0.25) is 4.79 Å². The first-order valence-electron chi connectivity index (χ1n) is 3.44. The van der Waals surface area contributed by atoms with E-state index in [-0.39, 0.29) is 13.3 Å². The molecule has 0 aromatic carbocycles. The zero-order chi connectivity index (χ0) is 6.85. The smallest absolute Gasteiger partial charge is 0.306 e. The molecule has 10 heavy (non-hydrogen) atoms. The second kappa shape index (κ2) is 3.59. The largest absolute Gasteiger partial charge is 0.481 e. The second-order valence-electron chi connectivity index (χ2n) is 2.82. The molecule has 0 aromatic rings. The highest BCUT2D eigenvalue weighted by Crippen LogP contribution is 2.32. The topological polar surface area (TPSA) is 37.3 Å². The van der Waals surface area contributed by atoms with Gasteiger partial charge >= 0.3 is 5.97 Å². The summed E-state index contributed by atoms with van der Waals surface area (Å²) in [6, 6.07) is 0. The highest BCUT2D eigenvalue weighted by molar-refractivity contribution is 5.69. The number of hydrogen-bond acceptors (Lipinski definition) is 1. The van der Waals surface area contributed by atoms with Crippen LogP contribution in [0.2, 0.25) is 0 Å². The zero-order valence-electron chi connectivity index (χ0n) is 5.63. The first-order chi connectivity index (χ1) is 4.22. The van der Waals surface area contributed by atoms with Gasteiger partial charge in [-0.05, 0) is 18.8 Å². The summed E-state index contributed by atoms with van der Waals surface area (Å²) in [6.07, 6.45) is 3.46. The van der Waals surface area contributed by atoms with E-state index < -0.39 is 5.97 Å². The monoisotopic (exact) mass is 144 g/mol. The average Bonchev–Trinajstić information content (AvgIpc) is 1.60. The molecule has 1 fully saturated rings. The maximum atomic E-state index is 10.3. The minimum Gasteiger partial charge on any atom is -0.481 e. The van der Waals surface area contributed by atoms with Gasteiger partial charge in [-0.15, -0.1) is 0 Å². The van der Waals surface area contributed by atoms with Gasteiger partial charge in [-0.2, -0.15) is 0 Å². The fourth-order valence-electron chi connectivity index (χ4n) is 1.14. The van der Waals surface area contributed by atoms with Crippen molar-refractivity contribution in [1.82, 2.24) is 0 Å². The van der Waals surface area contributed by atoms with Crippen molar-refractivity contribution in [2.75, 3.05) is 0 Å². The molecule has 1 atom stereocenters. The average molecular weight is 144 g/mol. The van der Waals surface area contributed by atoms with Gasteiger partial charge in [0, 0.05) is 0 Å². The quantitative estimate of drug-likeness (QED) is 0.644. The van der Waals surface area contributed by atoms with Crippen LogP contribution >= 0.6 is 0 Å². The first-order valence-corrected chi connectivity index (χ1v) is 3.44. The zero-order valence-corrected chi connectivity index (χ0v) is 5.63. The van der Waals surface area contributed by atoms with Gasteiger partial charge in [0.05, 0.1) is 5.92 Å². The minimum atomic E-state index is -0.639. The molecule has 0 saturated heterocycles. The SMILES string of the molecule is C.CC(C(=O)O)C1CCC1. The van der Waals surface area contributed by atoms with E-state index in [1.54, 1.807) is 6.92 Å². The van der Waals surface area contributed by atoms with Crippen LogP contribution in [0.15, 0.2) is 0 Å². The van der Waals surface area contributed by atoms with Crippen molar-refractivity contribution in [1.29, 1.82) is 0 Å². The summed E-state index contributed by atoms with van der Waals surface area (Å²) in [6.45, 7) is 1.80. The Bertz CT molecular complexity index is 116. The number of carboxylic acid groups (broad SMARTS) is 1. The maximum absolute atomic E-state index is 10.3. The molecule has 1 unspecified atom stereocenters. The van der Waals surface area contributed by atoms with Crippen molar-refractivity contribution in [3.05, 3.63) is 0 Å². The number of carbonyl (C=O) groups is 1. The molecule has 2 heteroatoms. The molecule has 1 N–H and O–H groups in total. The Kier molecular flexibility index (Phi) is 3.40. The molecule has 1 saturated carbocycles. The van der Waals surface area contributed by atoms with Crippen LogP contribution in [0.4, 0.5) is 0 Å². The molecule has 1 rings (SSSR count). The summed E-state index contributed by atoms with van der Waals surface area (Å²) in [4.78, 5) is 10.3. The Labute approximate surface area is 62.2 Å². The summed E-state index contributed by atoms with van der Waals surface area (Å²) in [5.74, 6) is -0.277. The normalized spacial score (nSPS) is 20.5. The minimum absolute atomic E-state index is 0. The van der Waals surface area contributed by atoms with Crippen molar-refractivity contribution in [2.45, 2.75) is 33.6 Å². The molecular weight excluding hydrogens is 128 g/mol.